The summed E-state index contributed by atoms with van der Waals surface area (Å²) in [7, 11) is 0. The lowest BCUT2D eigenvalue weighted by molar-refractivity contribution is -0.125. The highest BCUT2D eigenvalue weighted by Crippen LogP contribution is 1.96. The van der Waals surface area contributed by atoms with Crippen LogP contribution in [0.4, 0.5) is 0 Å². The van der Waals surface area contributed by atoms with E-state index in [0.29, 0.717) is 6.29 Å². The lowest BCUT2D eigenvalue weighted by Crippen LogP contribution is -2.27. The van der Waals surface area contributed by atoms with Crippen molar-refractivity contribution in [3.63, 3.8) is 0 Å². The number of hydroxylamine groups is 1. The molecule has 0 aromatic carbocycles. The molecule has 6 heteroatoms. The van der Waals surface area contributed by atoms with Gasteiger partial charge in [0.15, 0.2) is 0 Å². The zero-order chi connectivity index (χ0) is 8.97. The Kier molecular flexibility index (Phi) is 2.54. The Morgan fingerprint density at radius 1 is 1.58 bits per heavy atom. The summed E-state index contributed by atoms with van der Waals surface area (Å²) in [6.45, 7) is -0.182. The summed E-state index contributed by atoms with van der Waals surface area (Å²) in [6.07, 6.45) is 1.56. The first-order valence-electron chi connectivity index (χ1n) is 3.12. The number of hydrogen-bond donors (Lipinski definition) is 2. The van der Waals surface area contributed by atoms with E-state index in [-0.39, 0.29) is 12.3 Å². The number of rotatable bonds is 4. The SMILES string of the molecule is O=CCONC1=CC(=O)NC1=O. The third-order valence-corrected chi connectivity index (χ3v) is 1.09. The van der Waals surface area contributed by atoms with Gasteiger partial charge in [0.05, 0.1) is 0 Å². The van der Waals surface area contributed by atoms with Gasteiger partial charge in [-0.1, -0.05) is 0 Å². The molecule has 6 nitrogen and oxygen atoms in total. The van der Waals surface area contributed by atoms with Crippen LogP contribution < -0.4 is 10.8 Å². The number of amides is 2. The minimum atomic E-state index is -0.564. The maximum Gasteiger partial charge on any atom is 0.276 e. The smallest absolute Gasteiger partial charge is 0.276 e. The molecule has 1 aliphatic rings. The molecular formula is C6H6N2O4. The van der Waals surface area contributed by atoms with Gasteiger partial charge >= 0.3 is 0 Å². The monoisotopic (exact) mass is 170 g/mol. The Hall–Kier alpha value is -1.69. The van der Waals surface area contributed by atoms with Crippen LogP contribution in [0.1, 0.15) is 0 Å². The average molecular weight is 170 g/mol. The van der Waals surface area contributed by atoms with Crippen LogP contribution in [-0.2, 0) is 19.2 Å². The van der Waals surface area contributed by atoms with Gasteiger partial charge in [-0.15, -0.1) is 0 Å². The second-order valence-corrected chi connectivity index (χ2v) is 1.96. The Morgan fingerprint density at radius 2 is 2.33 bits per heavy atom. The summed E-state index contributed by atoms with van der Waals surface area (Å²) in [5.74, 6) is -1.07. The van der Waals surface area contributed by atoms with E-state index in [4.69, 9.17) is 0 Å². The van der Waals surface area contributed by atoms with Crippen molar-refractivity contribution in [2.45, 2.75) is 0 Å². The summed E-state index contributed by atoms with van der Waals surface area (Å²) < 4.78 is 0. The molecule has 1 rings (SSSR count). The standard InChI is InChI=1S/C6H6N2O4/c9-1-2-12-8-4-3-5(10)7-6(4)11/h1,3H,2H2,(H2,7,8,10,11). The largest absolute Gasteiger partial charge is 0.301 e. The molecule has 0 fully saturated rings. The molecule has 0 atom stereocenters. The molecule has 2 N–H and O–H groups in total. The van der Waals surface area contributed by atoms with Crippen molar-refractivity contribution >= 4 is 18.1 Å². The number of nitrogens with one attached hydrogen (secondary N) is 2. The van der Waals surface area contributed by atoms with Gasteiger partial charge in [-0.2, -0.15) is 0 Å². The van der Waals surface area contributed by atoms with Crippen molar-refractivity contribution in [1.29, 1.82) is 0 Å². The molecule has 0 saturated heterocycles. The van der Waals surface area contributed by atoms with E-state index in [1.807, 2.05) is 5.32 Å². The molecule has 0 aromatic rings. The van der Waals surface area contributed by atoms with Gasteiger partial charge in [0.1, 0.15) is 18.6 Å². The van der Waals surface area contributed by atoms with Gasteiger partial charge < -0.3 is 4.79 Å². The predicted octanol–water partition coefficient (Wildman–Crippen LogP) is -1.75. The zero-order valence-corrected chi connectivity index (χ0v) is 5.99. The molecule has 12 heavy (non-hydrogen) atoms. The molecule has 2 amide bonds. The lowest BCUT2D eigenvalue weighted by Gasteiger charge is -2.01. The Bertz CT molecular complexity index is 258. The van der Waals surface area contributed by atoms with Crippen LogP contribution in [0.5, 0.6) is 0 Å². The maximum absolute atomic E-state index is 10.7. The average Bonchev–Trinajstić information content (AvgIpc) is 2.31. The molecule has 1 aliphatic heterocycles. The molecule has 1 heterocycles. The first-order valence-corrected chi connectivity index (χ1v) is 3.12. The van der Waals surface area contributed by atoms with Gasteiger partial charge in [-0.3, -0.25) is 25.2 Å². The van der Waals surface area contributed by atoms with Crippen LogP contribution in [0.15, 0.2) is 11.8 Å². The number of imide groups is 1. The molecule has 64 valence electrons. The van der Waals surface area contributed by atoms with Crippen molar-refractivity contribution in [3.05, 3.63) is 11.8 Å². The van der Waals surface area contributed by atoms with E-state index in [0.717, 1.165) is 6.08 Å². The first-order chi connectivity index (χ1) is 5.74. The third kappa shape index (κ3) is 1.89. The van der Waals surface area contributed by atoms with Gasteiger partial charge in [0.25, 0.3) is 11.8 Å². The number of carbonyl (C=O) groups excluding carboxylic acids is 3. The van der Waals surface area contributed by atoms with Crippen LogP contribution >= 0.6 is 0 Å². The fourth-order valence-corrected chi connectivity index (χ4v) is 0.641. The van der Waals surface area contributed by atoms with E-state index in [9.17, 15) is 14.4 Å². The highest BCUT2D eigenvalue weighted by atomic mass is 16.6. The first kappa shape index (κ1) is 8.41. The topological polar surface area (TPSA) is 84.5 Å². The molecule has 0 radical (unpaired) electrons. The van der Waals surface area contributed by atoms with E-state index >= 15 is 0 Å². The second kappa shape index (κ2) is 3.63. The summed E-state index contributed by atoms with van der Waals surface area (Å²) >= 11 is 0. The molecule has 0 bridgehead atoms. The Labute approximate surface area is 67.5 Å². The highest BCUT2D eigenvalue weighted by Gasteiger charge is 2.20. The number of carbonyl (C=O) groups is 3. The predicted molar refractivity (Wildman–Crippen MR) is 36.4 cm³/mol. The second-order valence-electron chi connectivity index (χ2n) is 1.96. The molecule has 0 saturated carbocycles. The normalized spacial score (nSPS) is 15.5. The van der Waals surface area contributed by atoms with Crippen molar-refractivity contribution in [2.75, 3.05) is 6.61 Å². The van der Waals surface area contributed by atoms with E-state index in [2.05, 4.69) is 10.3 Å². The summed E-state index contributed by atoms with van der Waals surface area (Å²) in [6, 6.07) is 0. The molecule has 0 aliphatic carbocycles. The quantitative estimate of drug-likeness (QED) is 0.226. The summed E-state index contributed by atoms with van der Waals surface area (Å²) in [5.41, 5.74) is 2.16. The summed E-state index contributed by atoms with van der Waals surface area (Å²) in [4.78, 5) is 35.5. The van der Waals surface area contributed by atoms with E-state index < -0.39 is 11.8 Å². The summed E-state index contributed by atoms with van der Waals surface area (Å²) in [5, 5.41) is 1.99. The van der Waals surface area contributed by atoms with Crippen LogP contribution in [0.3, 0.4) is 0 Å². The minimum absolute atomic E-state index is 0.00171. The Balaban J connectivity index is 2.41. The number of hydrogen-bond acceptors (Lipinski definition) is 5. The van der Waals surface area contributed by atoms with Gasteiger partial charge in [0, 0.05) is 6.08 Å². The van der Waals surface area contributed by atoms with Crippen molar-refractivity contribution in [2.24, 2.45) is 0 Å². The third-order valence-electron chi connectivity index (χ3n) is 1.09. The van der Waals surface area contributed by atoms with Gasteiger partial charge in [-0.05, 0) is 0 Å². The van der Waals surface area contributed by atoms with Gasteiger partial charge in [-0.25, -0.2) is 0 Å². The maximum atomic E-state index is 10.7. The Morgan fingerprint density at radius 3 is 2.83 bits per heavy atom. The highest BCUT2D eigenvalue weighted by molar-refractivity contribution is 6.15. The number of aldehydes is 1. The van der Waals surface area contributed by atoms with Crippen molar-refractivity contribution < 1.29 is 19.2 Å². The zero-order valence-electron chi connectivity index (χ0n) is 5.99. The fraction of sp³-hybridized carbons (Fsp3) is 0.167. The van der Waals surface area contributed by atoms with E-state index in [1.165, 1.54) is 0 Å². The molecule has 0 aromatic heterocycles. The van der Waals surface area contributed by atoms with Crippen molar-refractivity contribution in [1.82, 2.24) is 10.8 Å². The van der Waals surface area contributed by atoms with Crippen LogP contribution in [-0.4, -0.2) is 24.7 Å². The van der Waals surface area contributed by atoms with E-state index in [1.54, 1.807) is 0 Å². The molecule has 0 spiro atoms. The van der Waals surface area contributed by atoms with Gasteiger partial charge in [0.2, 0.25) is 0 Å². The van der Waals surface area contributed by atoms with Crippen LogP contribution in [0, 0.1) is 0 Å². The van der Waals surface area contributed by atoms with Crippen LogP contribution in [0.25, 0.3) is 0 Å². The molecule has 0 unspecified atom stereocenters. The van der Waals surface area contributed by atoms with Crippen molar-refractivity contribution in [3.8, 4) is 0 Å². The fourth-order valence-electron chi connectivity index (χ4n) is 0.641. The van der Waals surface area contributed by atoms with Crippen LogP contribution in [0.2, 0.25) is 0 Å². The molecular weight excluding hydrogens is 164 g/mol. The minimum Gasteiger partial charge on any atom is -0.301 e. The lowest BCUT2D eigenvalue weighted by atomic mass is 10.5.